The van der Waals surface area contributed by atoms with Crippen molar-refractivity contribution in [3.8, 4) is 11.5 Å². The third-order valence-corrected chi connectivity index (χ3v) is 5.89. The topological polar surface area (TPSA) is 45.1 Å². The summed E-state index contributed by atoms with van der Waals surface area (Å²) < 4.78 is 6.27. The first-order chi connectivity index (χ1) is 12.7. The number of rotatable bonds is 2. The van der Waals surface area contributed by atoms with Crippen LogP contribution in [0.4, 0.5) is 0 Å². The molecule has 130 valence electrons. The second-order valence-corrected chi connectivity index (χ2v) is 7.75. The Bertz CT molecular complexity index is 1000. The molecule has 0 fully saturated rings. The molecule has 0 aliphatic carbocycles. The molecule has 0 bridgehead atoms. The van der Waals surface area contributed by atoms with Gasteiger partial charge in [0.2, 0.25) is 6.23 Å². The maximum absolute atomic E-state index is 10.3. The Balaban J connectivity index is 1.62. The maximum Gasteiger partial charge on any atom is 0.222 e. The van der Waals surface area contributed by atoms with Gasteiger partial charge in [-0.15, -0.1) is 11.3 Å². The van der Waals surface area contributed by atoms with Crippen molar-refractivity contribution in [2.45, 2.75) is 18.7 Å². The summed E-state index contributed by atoms with van der Waals surface area (Å²) in [5.41, 5.74) is 2.60. The Hall–Kier alpha value is -2.50. The minimum atomic E-state index is -0.270. The molecule has 3 aromatic rings. The molecular weight excluding hydrogens is 368 g/mol. The standard InChI is InChI=1S/C20H15ClN2O2S/c21-12-7-8-17(24)14(10-12)15-11-16-13-4-1-2-5-18(13)25-20(23(16)22-15)19-6-3-9-26-19/h1-10,16,20,24H,11H2/t16-,20-/m0/s1. The number of ether oxygens (including phenoxy) is 1. The van der Waals surface area contributed by atoms with Gasteiger partial charge in [0.1, 0.15) is 11.5 Å². The zero-order valence-electron chi connectivity index (χ0n) is 13.7. The first kappa shape index (κ1) is 15.7. The predicted molar refractivity (Wildman–Crippen MR) is 103 cm³/mol. The number of aromatic hydroxyl groups is 1. The molecule has 0 unspecified atom stereocenters. The van der Waals surface area contributed by atoms with E-state index in [0.29, 0.717) is 17.0 Å². The molecule has 0 amide bonds. The molecule has 2 aliphatic heterocycles. The fraction of sp³-hybridized carbons (Fsp3) is 0.150. The van der Waals surface area contributed by atoms with Crippen LogP contribution in [0, 0.1) is 0 Å². The summed E-state index contributed by atoms with van der Waals surface area (Å²) in [7, 11) is 0. The van der Waals surface area contributed by atoms with Gasteiger partial charge in [0.15, 0.2) is 0 Å². The molecule has 0 saturated carbocycles. The first-order valence-electron chi connectivity index (χ1n) is 8.34. The van der Waals surface area contributed by atoms with Crippen molar-refractivity contribution in [2.75, 3.05) is 0 Å². The summed E-state index contributed by atoms with van der Waals surface area (Å²) in [6.45, 7) is 0. The van der Waals surface area contributed by atoms with Crippen LogP contribution in [0.5, 0.6) is 11.5 Å². The Kier molecular flexibility index (Phi) is 3.65. The van der Waals surface area contributed by atoms with Gasteiger partial charge < -0.3 is 9.84 Å². The third-order valence-electron chi connectivity index (χ3n) is 4.76. The van der Waals surface area contributed by atoms with Crippen molar-refractivity contribution in [2.24, 2.45) is 5.10 Å². The smallest absolute Gasteiger partial charge is 0.222 e. The normalized spacial score (nSPS) is 21.0. The molecule has 5 rings (SSSR count). The van der Waals surface area contributed by atoms with E-state index < -0.39 is 0 Å². The van der Waals surface area contributed by atoms with Gasteiger partial charge in [-0.3, -0.25) is 0 Å². The van der Waals surface area contributed by atoms with Crippen LogP contribution >= 0.6 is 22.9 Å². The molecular formula is C20H15ClN2O2S. The van der Waals surface area contributed by atoms with Gasteiger partial charge in [-0.05, 0) is 35.7 Å². The van der Waals surface area contributed by atoms with Crippen molar-refractivity contribution >= 4 is 28.6 Å². The number of hydrazone groups is 1. The van der Waals surface area contributed by atoms with Crippen molar-refractivity contribution in [3.05, 3.63) is 81.0 Å². The van der Waals surface area contributed by atoms with E-state index in [1.54, 1.807) is 29.5 Å². The Labute approximate surface area is 159 Å². The zero-order chi connectivity index (χ0) is 17.7. The summed E-state index contributed by atoms with van der Waals surface area (Å²) >= 11 is 7.79. The highest BCUT2D eigenvalue weighted by molar-refractivity contribution is 7.10. The fourth-order valence-corrected chi connectivity index (χ4v) is 4.47. The van der Waals surface area contributed by atoms with Gasteiger partial charge in [0, 0.05) is 22.6 Å². The molecule has 4 nitrogen and oxygen atoms in total. The Morgan fingerprint density at radius 1 is 1.15 bits per heavy atom. The molecule has 3 heterocycles. The molecule has 6 heteroatoms. The monoisotopic (exact) mass is 382 g/mol. The Morgan fingerprint density at radius 2 is 2.04 bits per heavy atom. The van der Waals surface area contributed by atoms with E-state index in [4.69, 9.17) is 21.4 Å². The number of phenolic OH excluding ortho intramolecular Hbond substituents is 1. The van der Waals surface area contributed by atoms with Crippen LogP contribution in [0.1, 0.15) is 34.7 Å². The number of fused-ring (bicyclic) bond motifs is 3. The lowest BCUT2D eigenvalue weighted by Gasteiger charge is -2.37. The fourth-order valence-electron chi connectivity index (χ4n) is 3.56. The molecule has 0 spiro atoms. The summed E-state index contributed by atoms with van der Waals surface area (Å²) in [5, 5.41) is 19.7. The first-order valence-corrected chi connectivity index (χ1v) is 9.60. The van der Waals surface area contributed by atoms with Crippen LogP contribution in [-0.4, -0.2) is 15.8 Å². The van der Waals surface area contributed by atoms with E-state index in [-0.39, 0.29) is 18.0 Å². The minimum absolute atomic E-state index is 0.0698. The van der Waals surface area contributed by atoms with Gasteiger partial charge in [0.25, 0.3) is 0 Å². The molecule has 0 saturated heterocycles. The van der Waals surface area contributed by atoms with Gasteiger partial charge in [-0.2, -0.15) is 5.10 Å². The van der Waals surface area contributed by atoms with Crippen LogP contribution in [0.2, 0.25) is 5.02 Å². The molecule has 2 aromatic carbocycles. The van der Waals surface area contributed by atoms with Crippen LogP contribution < -0.4 is 4.74 Å². The van der Waals surface area contributed by atoms with Crippen LogP contribution in [0.25, 0.3) is 0 Å². The SMILES string of the molecule is Oc1ccc(Cl)cc1C1=NN2[C@@H](C1)c1ccccc1O[C@H]2c1cccs1. The average Bonchev–Trinajstić information content (AvgIpc) is 3.33. The number of benzene rings is 2. The van der Waals surface area contributed by atoms with Crippen molar-refractivity contribution in [1.29, 1.82) is 0 Å². The number of hydrogen-bond acceptors (Lipinski definition) is 5. The second kappa shape index (κ2) is 6.04. The van der Waals surface area contributed by atoms with Gasteiger partial charge in [-0.1, -0.05) is 35.9 Å². The minimum Gasteiger partial charge on any atom is -0.507 e. The van der Waals surface area contributed by atoms with Gasteiger partial charge in [0.05, 0.1) is 16.6 Å². The van der Waals surface area contributed by atoms with E-state index in [1.165, 1.54) is 0 Å². The lowest BCUT2D eigenvalue weighted by atomic mass is 9.96. The van der Waals surface area contributed by atoms with Crippen LogP contribution in [0.3, 0.4) is 0 Å². The molecule has 1 aromatic heterocycles. The average molecular weight is 383 g/mol. The Morgan fingerprint density at radius 3 is 2.88 bits per heavy atom. The third kappa shape index (κ3) is 2.47. The molecule has 2 atom stereocenters. The zero-order valence-corrected chi connectivity index (χ0v) is 15.2. The van der Waals surface area contributed by atoms with E-state index >= 15 is 0 Å². The van der Waals surface area contributed by atoms with E-state index in [9.17, 15) is 5.11 Å². The van der Waals surface area contributed by atoms with Crippen LogP contribution in [-0.2, 0) is 0 Å². The molecule has 2 aliphatic rings. The highest BCUT2D eigenvalue weighted by Crippen LogP contribution is 2.48. The van der Waals surface area contributed by atoms with E-state index in [2.05, 4.69) is 12.1 Å². The highest BCUT2D eigenvalue weighted by atomic mass is 35.5. The van der Waals surface area contributed by atoms with E-state index in [1.807, 2.05) is 34.7 Å². The van der Waals surface area contributed by atoms with Crippen molar-refractivity contribution in [1.82, 2.24) is 5.01 Å². The second-order valence-electron chi connectivity index (χ2n) is 6.33. The predicted octanol–water partition coefficient (Wildman–Crippen LogP) is 5.35. The number of halogens is 1. The largest absolute Gasteiger partial charge is 0.507 e. The summed E-state index contributed by atoms with van der Waals surface area (Å²) in [6.07, 6.45) is 0.421. The number of hydrogen-bond donors (Lipinski definition) is 1. The lowest BCUT2D eigenvalue weighted by molar-refractivity contribution is -0.0165. The molecule has 26 heavy (non-hydrogen) atoms. The number of phenols is 1. The lowest BCUT2D eigenvalue weighted by Crippen LogP contribution is -2.33. The van der Waals surface area contributed by atoms with Gasteiger partial charge in [-0.25, -0.2) is 5.01 Å². The maximum atomic E-state index is 10.3. The summed E-state index contributed by atoms with van der Waals surface area (Å²) in [5.74, 6) is 1.08. The molecule has 0 radical (unpaired) electrons. The van der Waals surface area contributed by atoms with Crippen molar-refractivity contribution in [3.63, 3.8) is 0 Å². The number of nitrogens with zero attached hydrogens (tertiary/aromatic N) is 2. The summed E-state index contributed by atoms with van der Waals surface area (Å²) in [6, 6.07) is 17.3. The van der Waals surface area contributed by atoms with E-state index in [0.717, 1.165) is 21.9 Å². The number of para-hydroxylation sites is 1. The molecule has 1 N–H and O–H groups in total. The van der Waals surface area contributed by atoms with Gasteiger partial charge >= 0.3 is 0 Å². The van der Waals surface area contributed by atoms with Crippen molar-refractivity contribution < 1.29 is 9.84 Å². The number of thiophene rings is 1. The highest BCUT2D eigenvalue weighted by Gasteiger charge is 2.41. The quantitative estimate of drug-likeness (QED) is 0.649. The summed E-state index contributed by atoms with van der Waals surface area (Å²) in [4.78, 5) is 1.10. The van der Waals surface area contributed by atoms with Crippen LogP contribution in [0.15, 0.2) is 65.1 Å².